The Bertz CT molecular complexity index is 1410. The normalized spacial score (nSPS) is 11.4. The van der Waals surface area contributed by atoms with E-state index in [0.717, 1.165) is 11.3 Å². The van der Waals surface area contributed by atoms with Gasteiger partial charge in [-0.2, -0.15) is 4.99 Å². The van der Waals surface area contributed by atoms with Crippen LogP contribution >= 0.6 is 11.3 Å². The summed E-state index contributed by atoms with van der Waals surface area (Å²) in [4.78, 5) is 39.8. The fourth-order valence-corrected chi connectivity index (χ4v) is 4.05. The highest BCUT2D eigenvalue weighted by Crippen LogP contribution is 2.24. The smallest absolute Gasteiger partial charge is 0.325 e. The number of methoxy groups -OCH3 is 1. The van der Waals surface area contributed by atoms with Crippen LogP contribution < -0.4 is 9.54 Å². The van der Waals surface area contributed by atoms with E-state index in [1.165, 1.54) is 23.8 Å². The van der Waals surface area contributed by atoms with Crippen LogP contribution in [0.5, 0.6) is 11.5 Å². The lowest BCUT2D eigenvalue weighted by Gasteiger charge is -2.05. The van der Waals surface area contributed by atoms with E-state index in [0.29, 0.717) is 27.3 Å². The van der Waals surface area contributed by atoms with E-state index < -0.39 is 16.8 Å². The maximum Gasteiger partial charge on any atom is 0.325 e. The number of carbonyl (C=O) groups excluding carboxylic acids is 2. The third-order valence-electron chi connectivity index (χ3n) is 4.67. The summed E-state index contributed by atoms with van der Waals surface area (Å²) in [5, 5.41) is 11.2. The van der Waals surface area contributed by atoms with Crippen molar-refractivity contribution in [1.29, 1.82) is 0 Å². The second-order valence-corrected chi connectivity index (χ2v) is 7.82. The first-order valence-electron chi connectivity index (χ1n) is 9.71. The van der Waals surface area contributed by atoms with Crippen LogP contribution in [0, 0.1) is 10.1 Å². The predicted molar refractivity (Wildman–Crippen MR) is 121 cm³/mol. The van der Waals surface area contributed by atoms with Crippen LogP contribution in [-0.4, -0.2) is 28.5 Å². The van der Waals surface area contributed by atoms with Gasteiger partial charge in [0.15, 0.2) is 4.80 Å². The van der Waals surface area contributed by atoms with Gasteiger partial charge in [-0.3, -0.25) is 19.7 Å². The lowest BCUT2D eigenvalue weighted by Crippen LogP contribution is -2.22. The Kier molecular flexibility index (Phi) is 6.27. The summed E-state index contributed by atoms with van der Waals surface area (Å²) in [6, 6.07) is 20.0. The molecular formula is C23H17N3O6S. The Morgan fingerprint density at radius 3 is 2.39 bits per heavy atom. The molecule has 0 N–H and O–H groups in total. The molecular weight excluding hydrogens is 446 g/mol. The minimum atomic E-state index is -0.572. The second-order valence-electron chi connectivity index (χ2n) is 6.81. The van der Waals surface area contributed by atoms with E-state index in [1.54, 1.807) is 30.3 Å². The van der Waals surface area contributed by atoms with Gasteiger partial charge >= 0.3 is 5.97 Å². The maximum atomic E-state index is 12.8. The number of aromatic nitrogens is 1. The van der Waals surface area contributed by atoms with Gasteiger partial charge in [0.05, 0.1) is 22.2 Å². The van der Waals surface area contributed by atoms with Crippen LogP contribution in [0.1, 0.15) is 10.4 Å². The van der Waals surface area contributed by atoms with Crippen molar-refractivity contribution < 1.29 is 24.0 Å². The Hall–Kier alpha value is -4.31. The number of amides is 1. The summed E-state index contributed by atoms with van der Waals surface area (Å²) < 4.78 is 12.5. The molecule has 4 aromatic rings. The van der Waals surface area contributed by atoms with Crippen molar-refractivity contribution in [3.63, 3.8) is 0 Å². The Labute approximate surface area is 191 Å². The molecule has 0 fully saturated rings. The Morgan fingerprint density at radius 1 is 1.03 bits per heavy atom. The van der Waals surface area contributed by atoms with Crippen LogP contribution in [0.3, 0.4) is 0 Å². The molecule has 0 bridgehead atoms. The van der Waals surface area contributed by atoms with Gasteiger partial charge in [0.2, 0.25) is 0 Å². The average Bonchev–Trinajstić information content (AvgIpc) is 3.16. The number of benzene rings is 3. The molecule has 0 radical (unpaired) electrons. The van der Waals surface area contributed by atoms with Crippen molar-refractivity contribution in [2.75, 3.05) is 7.11 Å². The third-order valence-corrected chi connectivity index (χ3v) is 5.73. The summed E-state index contributed by atoms with van der Waals surface area (Å²) in [6.07, 6.45) is 0. The van der Waals surface area contributed by atoms with E-state index in [1.807, 2.05) is 30.3 Å². The van der Waals surface area contributed by atoms with Crippen LogP contribution in [0.2, 0.25) is 0 Å². The fourth-order valence-electron chi connectivity index (χ4n) is 3.04. The van der Waals surface area contributed by atoms with Gasteiger partial charge in [0, 0.05) is 17.7 Å². The number of fused-ring (bicyclic) bond motifs is 1. The molecule has 0 spiro atoms. The molecule has 166 valence electrons. The molecule has 0 atom stereocenters. The minimum Gasteiger partial charge on any atom is -0.468 e. The zero-order valence-corrected chi connectivity index (χ0v) is 18.2. The fraction of sp³-hybridized carbons (Fsp3) is 0.0870. The van der Waals surface area contributed by atoms with Crippen molar-refractivity contribution in [3.8, 4) is 11.5 Å². The summed E-state index contributed by atoms with van der Waals surface area (Å²) in [5.41, 5.74) is 0.604. The summed E-state index contributed by atoms with van der Waals surface area (Å²) in [7, 11) is 1.24. The van der Waals surface area contributed by atoms with Crippen LogP contribution in [0.15, 0.2) is 77.8 Å². The Balaban J connectivity index is 1.68. The number of carbonyl (C=O) groups is 2. The molecule has 3 aromatic carbocycles. The van der Waals surface area contributed by atoms with E-state index >= 15 is 0 Å². The Morgan fingerprint density at radius 2 is 1.73 bits per heavy atom. The topological polar surface area (TPSA) is 113 Å². The standard InChI is InChI=1S/C23H17N3O6S/c1-31-21(27)14-25-19-13-16(26(29)30)9-12-20(19)33-23(25)24-22(28)15-7-10-18(11-8-15)32-17-5-3-2-4-6-17/h2-13H,14H2,1H3. The van der Waals surface area contributed by atoms with Gasteiger partial charge < -0.3 is 14.0 Å². The number of ether oxygens (including phenoxy) is 2. The predicted octanol–water partition coefficient (Wildman–Crippen LogP) is 4.32. The van der Waals surface area contributed by atoms with Gasteiger partial charge in [0.1, 0.15) is 18.0 Å². The second kappa shape index (κ2) is 9.45. The van der Waals surface area contributed by atoms with Crippen molar-refractivity contribution in [1.82, 2.24) is 4.57 Å². The molecule has 4 rings (SSSR count). The number of non-ortho nitro benzene ring substituents is 1. The van der Waals surface area contributed by atoms with E-state index in [4.69, 9.17) is 9.47 Å². The summed E-state index contributed by atoms with van der Waals surface area (Å²) in [5.74, 6) is 0.135. The van der Waals surface area contributed by atoms with Crippen molar-refractivity contribution in [2.24, 2.45) is 4.99 Å². The first-order chi connectivity index (χ1) is 15.9. The largest absolute Gasteiger partial charge is 0.468 e. The van der Waals surface area contributed by atoms with Gasteiger partial charge in [-0.25, -0.2) is 0 Å². The molecule has 0 aliphatic carbocycles. The SMILES string of the molecule is COC(=O)Cn1c(=NC(=O)c2ccc(Oc3ccccc3)cc2)sc2ccc([N+](=O)[O-])cc21. The number of thiazole rings is 1. The zero-order valence-electron chi connectivity index (χ0n) is 17.3. The van der Waals surface area contributed by atoms with Crippen molar-refractivity contribution in [2.45, 2.75) is 6.54 Å². The molecule has 0 unspecified atom stereocenters. The number of nitrogens with zero attached hydrogens (tertiary/aromatic N) is 3. The first-order valence-corrected chi connectivity index (χ1v) is 10.5. The van der Waals surface area contributed by atoms with Gasteiger partial charge in [0.25, 0.3) is 11.6 Å². The quantitative estimate of drug-likeness (QED) is 0.239. The van der Waals surface area contributed by atoms with E-state index in [-0.39, 0.29) is 17.0 Å². The summed E-state index contributed by atoms with van der Waals surface area (Å²) in [6.45, 7) is -0.242. The lowest BCUT2D eigenvalue weighted by atomic mass is 10.2. The number of rotatable bonds is 6. The molecule has 33 heavy (non-hydrogen) atoms. The third kappa shape index (κ3) is 4.96. The highest BCUT2D eigenvalue weighted by atomic mass is 32.1. The number of nitro benzene ring substituents is 1. The van der Waals surface area contributed by atoms with Crippen molar-refractivity contribution >= 4 is 39.1 Å². The van der Waals surface area contributed by atoms with Crippen LogP contribution in [-0.2, 0) is 16.1 Å². The molecule has 0 saturated heterocycles. The zero-order chi connectivity index (χ0) is 23.4. The highest BCUT2D eigenvalue weighted by Gasteiger charge is 2.16. The van der Waals surface area contributed by atoms with Crippen LogP contribution in [0.25, 0.3) is 10.2 Å². The molecule has 1 aromatic heterocycles. The van der Waals surface area contributed by atoms with Gasteiger partial charge in [-0.1, -0.05) is 29.5 Å². The van der Waals surface area contributed by atoms with Gasteiger partial charge in [-0.15, -0.1) is 0 Å². The molecule has 1 heterocycles. The average molecular weight is 463 g/mol. The minimum absolute atomic E-state index is 0.134. The first kappa shape index (κ1) is 21.9. The molecule has 0 saturated carbocycles. The van der Waals surface area contributed by atoms with Crippen LogP contribution in [0.4, 0.5) is 5.69 Å². The number of nitro groups is 1. The molecule has 1 amide bonds. The van der Waals surface area contributed by atoms with Gasteiger partial charge in [-0.05, 0) is 42.5 Å². The monoisotopic (exact) mass is 463 g/mol. The molecule has 10 heteroatoms. The molecule has 0 aliphatic rings. The van der Waals surface area contributed by atoms with E-state index in [2.05, 4.69) is 4.99 Å². The lowest BCUT2D eigenvalue weighted by molar-refractivity contribution is -0.384. The molecule has 0 aliphatic heterocycles. The number of esters is 1. The number of hydrogen-bond acceptors (Lipinski definition) is 7. The maximum absolute atomic E-state index is 12.8. The number of hydrogen-bond donors (Lipinski definition) is 0. The highest BCUT2D eigenvalue weighted by molar-refractivity contribution is 7.16. The van der Waals surface area contributed by atoms with E-state index in [9.17, 15) is 19.7 Å². The molecule has 9 nitrogen and oxygen atoms in total. The van der Waals surface area contributed by atoms with Crippen molar-refractivity contribution in [3.05, 3.63) is 93.3 Å². The number of para-hydroxylation sites is 1. The summed E-state index contributed by atoms with van der Waals surface area (Å²) >= 11 is 1.15.